The van der Waals surface area contributed by atoms with Gasteiger partial charge in [-0.15, -0.1) is 0 Å². The molecule has 0 radical (unpaired) electrons. The fourth-order valence-corrected chi connectivity index (χ4v) is 2.38. The third-order valence-corrected chi connectivity index (χ3v) is 3.43. The van der Waals surface area contributed by atoms with Crippen molar-refractivity contribution in [3.63, 3.8) is 0 Å². The highest BCUT2D eigenvalue weighted by Crippen LogP contribution is 2.16. The number of Topliss-reactive ketones (excluding diaryl/α,β-unsaturated/α-hetero) is 1. The number of carbonyl (C=O) groups excluding carboxylic acids is 1. The number of ketones is 1. The van der Waals surface area contributed by atoms with Gasteiger partial charge in [0.25, 0.3) is 0 Å². The van der Waals surface area contributed by atoms with E-state index >= 15 is 0 Å². The number of carbonyl (C=O) groups is 1. The summed E-state index contributed by atoms with van der Waals surface area (Å²) >= 11 is 5.94. The van der Waals surface area contributed by atoms with Gasteiger partial charge in [-0.05, 0) is 12.8 Å². The van der Waals surface area contributed by atoms with E-state index in [1.807, 2.05) is 0 Å². The van der Waals surface area contributed by atoms with Crippen molar-refractivity contribution in [2.45, 2.75) is 18.9 Å². The lowest BCUT2D eigenvalue weighted by Crippen LogP contribution is -2.42. The molecule has 1 aliphatic rings. The summed E-state index contributed by atoms with van der Waals surface area (Å²) in [5.41, 5.74) is 6.31. The average molecular weight is 257 g/mol. The van der Waals surface area contributed by atoms with E-state index in [0.717, 1.165) is 25.9 Å². The van der Waals surface area contributed by atoms with Gasteiger partial charge in [-0.25, -0.2) is 0 Å². The second kappa shape index (κ2) is 5.16. The Balaban J connectivity index is 1.98. The smallest absolute Gasteiger partial charge is 0.196 e. The number of halogens is 1. The van der Waals surface area contributed by atoms with Crippen molar-refractivity contribution in [2.24, 2.45) is 12.8 Å². The summed E-state index contributed by atoms with van der Waals surface area (Å²) in [6, 6.07) is 0.279. The summed E-state index contributed by atoms with van der Waals surface area (Å²) in [5.74, 6) is 0.0190. The van der Waals surface area contributed by atoms with Gasteiger partial charge in [0.2, 0.25) is 0 Å². The Bertz CT molecular complexity index is 390. The molecule has 94 valence electrons. The second-order valence-electron chi connectivity index (χ2n) is 4.50. The topological polar surface area (TPSA) is 64.2 Å². The molecule has 1 aromatic rings. The zero-order valence-electron chi connectivity index (χ0n) is 9.90. The molecule has 0 aliphatic carbocycles. The Morgan fingerprint density at radius 3 is 2.76 bits per heavy atom. The van der Waals surface area contributed by atoms with E-state index in [-0.39, 0.29) is 11.8 Å². The van der Waals surface area contributed by atoms with Gasteiger partial charge in [0.15, 0.2) is 5.78 Å². The molecule has 2 heterocycles. The molecule has 0 amide bonds. The molecule has 17 heavy (non-hydrogen) atoms. The number of hydrogen-bond acceptors (Lipinski definition) is 4. The first-order valence-corrected chi connectivity index (χ1v) is 6.14. The maximum atomic E-state index is 12.1. The number of piperidine rings is 1. The minimum Gasteiger partial charge on any atom is -0.328 e. The Hall–Kier alpha value is -0.910. The lowest BCUT2D eigenvalue weighted by molar-refractivity contribution is 0.0900. The van der Waals surface area contributed by atoms with E-state index < -0.39 is 0 Å². The highest BCUT2D eigenvalue weighted by molar-refractivity contribution is 6.33. The normalized spacial score (nSPS) is 18.5. The molecule has 0 unspecified atom stereocenters. The number of aromatic nitrogens is 2. The molecular formula is C11H17ClN4O. The Morgan fingerprint density at radius 1 is 1.59 bits per heavy atom. The number of aryl methyl sites for hydroxylation is 1. The van der Waals surface area contributed by atoms with Crippen LogP contribution in [0, 0.1) is 0 Å². The zero-order valence-corrected chi connectivity index (χ0v) is 10.7. The number of rotatable bonds is 3. The minimum absolute atomic E-state index is 0.0190. The maximum Gasteiger partial charge on any atom is 0.196 e. The van der Waals surface area contributed by atoms with E-state index in [2.05, 4.69) is 10.00 Å². The summed E-state index contributed by atoms with van der Waals surface area (Å²) in [4.78, 5) is 14.2. The van der Waals surface area contributed by atoms with Crippen molar-refractivity contribution in [3.8, 4) is 0 Å². The minimum atomic E-state index is 0.0190. The number of nitrogens with zero attached hydrogens (tertiary/aromatic N) is 3. The molecule has 1 saturated heterocycles. The lowest BCUT2D eigenvalue weighted by atomic mass is 10.1. The van der Waals surface area contributed by atoms with Gasteiger partial charge in [0, 0.05) is 26.2 Å². The molecule has 2 rings (SSSR count). The molecule has 2 N–H and O–H groups in total. The first kappa shape index (κ1) is 12.5. The molecule has 0 spiro atoms. The molecular weight excluding hydrogens is 240 g/mol. The molecule has 0 atom stereocenters. The predicted octanol–water partition coefficient (Wildman–Crippen LogP) is 0.679. The summed E-state index contributed by atoms with van der Waals surface area (Å²) in [7, 11) is 1.73. The van der Waals surface area contributed by atoms with E-state index in [4.69, 9.17) is 17.3 Å². The molecule has 0 bridgehead atoms. The van der Waals surface area contributed by atoms with E-state index in [1.165, 1.54) is 10.9 Å². The number of likely N-dealkylation sites (tertiary alicyclic amines) is 1. The molecule has 1 fully saturated rings. The third kappa shape index (κ3) is 2.86. The van der Waals surface area contributed by atoms with Crippen molar-refractivity contribution in [1.29, 1.82) is 0 Å². The monoisotopic (exact) mass is 256 g/mol. The van der Waals surface area contributed by atoms with Crippen LogP contribution in [0.25, 0.3) is 0 Å². The van der Waals surface area contributed by atoms with Gasteiger partial charge in [-0.1, -0.05) is 11.6 Å². The zero-order chi connectivity index (χ0) is 12.4. The summed E-state index contributed by atoms with van der Waals surface area (Å²) < 4.78 is 1.53. The Labute approximate surface area is 106 Å². The van der Waals surface area contributed by atoms with Gasteiger partial charge in [0.05, 0.1) is 17.8 Å². The first-order chi connectivity index (χ1) is 8.08. The van der Waals surface area contributed by atoms with Crippen molar-refractivity contribution < 1.29 is 4.79 Å². The Kier molecular flexibility index (Phi) is 3.81. The van der Waals surface area contributed by atoms with Crippen molar-refractivity contribution >= 4 is 17.4 Å². The SMILES string of the molecule is Cn1ncc(Cl)c1C(=O)CN1CCC(N)CC1. The average Bonchev–Trinajstić information content (AvgIpc) is 2.62. The Morgan fingerprint density at radius 2 is 2.24 bits per heavy atom. The molecule has 0 aromatic carbocycles. The quantitative estimate of drug-likeness (QED) is 0.808. The standard InChI is InChI=1S/C11H17ClN4O/c1-15-11(9(12)6-14-15)10(17)7-16-4-2-8(13)3-5-16/h6,8H,2-5,7,13H2,1H3. The van der Waals surface area contributed by atoms with E-state index in [1.54, 1.807) is 7.05 Å². The van der Waals surface area contributed by atoms with Gasteiger partial charge in [0.1, 0.15) is 5.69 Å². The number of nitrogens with two attached hydrogens (primary N) is 1. The van der Waals surface area contributed by atoms with E-state index in [0.29, 0.717) is 17.3 Å². The molecule has 1 aliphatic heterocycles. The van der Waals surface area contributed by atoms with Gasteiger partial charge in [-0.3, -0.25) is 14.4 Å². The fraction of sp³-hybridized carbons (Fsp3) is 0.636. The lowest BCUT2D eigenvalue weighted by Gasteiger charge is -2.29. The van der Waals surface area contributed by atoms with E-state index in [9.17, 15) is 4.79 Å². The fourth-order valence-electron chi connectivity index (χ4n) is 2.11. The van der Waals surface area contributed by atoms with Crippen LogP contribution in [0.4, 0.5) is 0 Å². The molecule has 1 aromatic heterocycles. The predicted molar refractivity (Wildman–Crippen MR) is 66.2 cm³/mol. The van der Waals surface area contributed by atoms with Crippen LogP contribution < -0.4 is 5.73 Å². The van der Waals surface area contributed by atoms with Crippen LogP contribution in [0.3, 0.4) is 0 Å². The maximum absolute atomic E-state index is 12.1. The van der Waals surface area contributed by atoms with Crippen molar-refractivity contribution in [3.05, 3.63) is 16.9 Å². The highest BCUT2D eigenvalue weighted by Gasteiger charge is 2.22. The van der Waals surface area contributed by atoms with Crippen LogP contribution in [-0.2, 0) is 7.05 Å². The first-order valence-electron chi connectivity index (χ1n) is 5.76. The van der Waals surface area contributed by atoms with Crippen LogP contribution in [0.5, 0.6) is 0 Å². The molecule has 6 heteroatoms. The van der Waals surface area contributed by atoms with Crippen LogP contribution in [-0.4, -0.2) is 46.1 Å². The van der Waals surface area contributed by atoms with Gasteiger partial charge < -0.3 is 5.73 Å². The molecule has 0 saturated carbocycles. The van der Waals surface area contributed by atoms with Crippen LogP contribution in [0.2, 0.25) is 5.02 Å². The van der Waals surface area contributed by atoms with Crippen molar-refractivity contribution in [1.82, 2.24) is 14.7 Å². The largest absolute Gasteiger partial charge is 0.328 e. The highest BCUT2D eigenvalue weighted by atomic mass is 35.5. The third-order valence-electron chi connectivity index (χ3n) is 3.16. The van der Waals surface area contributed by atoms with Crippen LogP contribution in [0.1, 0.15) is 23.3 Å². The summed E-state index contributed by atoms with van der Waals surface area (Å²) in [6.07, 6.45) is 3.40. The van der Waals surface area contributed by atoms with Gasteiger partial charge in [-0.2, -0.15) is 5.10 Å². The van der Waals surface area contributed by atoms with Crippen LogP contribution >= 0.6 is 11.6 Å². The van der Waals surface area contributed by atoms with Crippen LogP contribution in [0.15, 0.2) is 6.20 Å². The van der Waals surface area contributed by atoms with Crippen molar-refractivity contribution in [2.75, 3.05) is 19.6 Å². The summed E-state index contributed by atoms with van der Waals surface area (Å²) in [5, 5.41) is 4.39. The molecule has 5 nitrogen and oxygen atoms in total. The second-order valence-corrected chi connectivity index (χ2v) is 4.91. The number of hydrogen-bond donors (Lipinski definition) is 1. The summed E-state index contributed by atoms with van der Waals surface area (Å²) in [6.45, 7) is 2.15. The van der Waals surface area contributed by atoms with Gasteiger partial charge >= 0.3 is 0 Å².